The molecular formula is C10H10ClFO. The maximum Gasteiger partial charge on any atom is 0.151 e. The van der Waals surface area contributed by atoms with Gasteiger partial charge >= 0.3 is 0 Å². The van der Waals surface area contributed by atoms with Gasteiger partial charge < -0.3 is 0 Å². The Morgan fingerprint density at radius 3 is 2.85 bits per heavy atom. The largest absolute Gasteiger partial charge is 0.298 e. The number of alkyl halides is 1. The monoisotopic (exact) mass is 200 g/mol. The van der Waals surface area contributed by atoms with Crippen LogP contribution in [-0.2, 0) is 11.2 Å². The third kappa shape index (κ3) is 2.81. The van der Waals surface area contributed by atoms with Gasteiger partial charge in [-0.2, -0.15) is 0 Å². The Morgan fingerprint density at radius 2 is 2.23 bits per heavy atom. The fourth-order valence-corrected chi connectivity index (χ4v) is 1.18. The van der Waals surface area contributed by atoms with Crippen molar-refractivity contribution in [2.45, 2.75) is 13.3 Å². The predicted octanol–water partition coefficient (Wildman–Crippen LogP) is 2.48. The number of halogens is 2. The van der Waals surface area contributed by atoms with E-state index in [9.17, 15) is 9.18 Å². The molecule has 0 spiro atoms. The minimum absolute atomic E-state index is 0.0179. The van der Waals surface area contributed by atoms with Crippen molar-refractivity contribution in [1.29, 1.82) is 0 Å². The van der Waals surface area contributed by atoms with Crippen molar-refractivity contribution in [3.8, 4) is 0 Å². The highest BCUT2D eigenvalue weighted by Crippen LogP contribution is 2.11. The molecule has 13 heavy (non-hydrogen) atoms. The Labute approximate surface area is 81.5 Å². The summed E-state index contributed by atoms with van der Waals surface area (Å²) in [6.45, 7) is 1.84. The summed E-state index contributed by atoms with van der Waals surface area (Å²) in [5.41, 5.74) is 1.63. The van der Waals surface area contributed by atoms with Crippen molar-refractivity contribution in [2.75, 3.05) is 5.88 Å². The molecule has 0 bridgehead atoms. The Kier molecular flexibility index (Phi) is 3.43. The first-order chi connectivity index (χ1) is 6.13. The van der Waals surface area contributed by atoms with E-state index in [4.69, 9.17) is 11.6 Å². The number of ketones is 1. The second-order valence-electron chi connectivity index (χ2n) is 2.92. The van der Waals surface area contributed by atoms with Gasteiger partial charge in [-0.3, -0.25) is 4.79 Å². The maximum absolute atomic E-state index is 12.8. The van der Waals surface area contributed by atoms with Gasteiger partial charge in [0.25, 0.3) is 0 Å². The molecule has 0 radical (unpaired) electrons. The molecule has 70 valence electrons. The topological polar surface area (TPSA) is 17.1 Å². The van der Waals surface area contributed by atoms with Crippen LogP contribution in [0.1, 0.15) is 11.1 Å². The minimum atomic E-state index is -0.317. The quantitative estimate of drug-likeness (QED) is 0.686. The highest BCUT2D eigenvalue weighted by molar-refractivity contribution is 6.27. The molecule has 1 aromatic rings. The van der Waals surface area contributed by atoms with Crippen molar-refractivity contribution in [3.63, 3.8) is 0 Å². The lowest BCUT2D eigenvalue weighted by molar-refractivity contribution is -0.116. The molecule has 0 heterocycles. The predicted molar refractivity (Wildman–Crippen MR) is 50.6 cm³/mol. The first-order valence-electron chi connectivity index (χ1n) is 3.96. The summed E-state index contributed by atoms with van der Waals surface area (Å²) in [5.74, 6) is -0.422. The van der Waals surface area contributed by atoms with Gasteiger partial charge in [-0.25, -0.2) is 4.39 Å². The average molecular weight is 201 g/mol. The van der Waals surface area contributed by atoms with E-state index >= 15 is 0 Å². The standard InChI is InChI=1S/C10H10ClFO/c1-7-2-3-9(12)4-8(7)5-10(13)6-11/h2-4H,5-6H2,1H3. The summed E-state index contributed by atoms with van der Waals surface area (Å²) in [7, 11) is 0. The highest BCUT2D eigenvalue weighted by Gasteiger charge is 2.05. The molecule has 0 amide bonds. The van der Waals surface area contributed by atoms with Crippen LogP contribution in [-0.4, -0.2) is 11.7 Å². The fraction of sp³-hybridized carbons (Fsp3) is 0.300. The van der Waals surface area contributed by atoms with E-state index < -0.39 is 0 Å². The lowest BCUT2D eigenvalue weighted by atomic mass is 10.0. The summed E-state index contributed by atoms with van der Waals surface area (Å²) in [4.78, 5) is 11.0. The molecule has 0 fully saturated rings. The van der Waals surface area contributed by atoms with E-state index in [0.29, 0.717) is 5.56 Å². The molecule has 0 aromatic heterocycles. The molecule has 0 aliphatic rings. The van der Waals surface area contributed by atoms with Gasteiger partial charge in [0.1, 0.15) is 5.82 Å². The van der Waals surface area contributed by atoms with Crippen LogP contribution in [0.4, 0.5) is 4.39 Å². The van der Waals surface area contributed by atoms with E-state index in [1.807, 2.05) is 6.92 Å². The molecule has 0 unspecified atom stereocenters. The summed E-state index contributed by atoms with van der Waals surface area (Å²) < 4.78 is 12.8. The molecular weight excluding hydrogens is 191 g/mol. The van der Waals surface area contributed by atoms with E-state index in [1.165, 1.54) is 12.1 Å². The van der Waals surface area contributed by atoms with Crippen LogP contribution in [0, 0.1) is 12.7 Å². The molecule has 1 aromatic carbocycles. The van der Waals surface area contributed by atoms with Crippen LogP contribution in [0.25, 0.3) is 0 Å². The Morgan fingerprint density at radius 1 is 1.54 bits per heavy atom. The van der Waals surface area contributed by atoms with Gasteiger partial charge in [-0.05, 0) is 30.2 Å². The van der Waals surface area contributed by atoms with Gasteiger partial charge in [0.2, 0.25) is 0 Å². The first kappa shape index (κ1) is 10.2. The number of hydrogen-bond acceptors (Lipinski definition) is 1. The summed E-state index contributed by atoms with van der Waals surface area (Å²) in [6.07, 6.45) is 0.215. The molecule has 0 atom stereocenters. The van der Waals surface area contributed by atoms with Crippen molar-refractivity contribution >= 4 is 17.4 Å². The number of benzene rings is 1. The Bertz CT molecular complexity index is 323. The summed E-state index contributed by atoms with van der Waals surface area (Å²) in [6, 6.07) is 4.41. The Balaban J connectivity index is 2.87. The first-order valence-corrected chi connectivity index (χ1v) is 4.49. The number of carbonyl (C=O) groups is 1. The minimum Gasteiger partial charge on any atom is -0.298 e. The van der Waals surface area contributed by atoms with E-state index in [-0.39, 0.29) is 23.9 Å². The van der Waals surface area contributed by atoms with E-state index in [2.05, 4.69) is 0 Å². The molecule has 0 aliphatic carbocycles. The molecule has 3 heteroatoms. The molecule has 0 saturated carbocycles. The van der Waals surface area contributed by atoms with Crippen molar-refractivity contribution in [1.82, 2.24) is 0 Å². The summed E-state index contributed by atoms with van der Waals surface area (Å²) >= 11 is 5.35. The van der Waals surface area contributed by atoms with Gasteiger partial charge in [-0.1, -0.05) is 6.07 Å². The second-order valence-corrected chi connectivity index (χ2v) is 3.19. The van der Waals surface area contributed by atoms with Crippen LogP contribution in [0.3, 0.4) is 0 Å². The maximum atomic E-state index is 12.8. The van der Waals surface area contributed by atoms with Gasteiger partial charge in [0, 0.05) is 6.42 Å². The van der Waals surface area contributed by atoms with Crippen LogP contribution in [0.5, 0.6) is 0 Å². The van der Waals surface area contributed by atoms with Crippen molar-refractivity contribution < 1.29 is 9.18 Å². The van der Waals surface area contributed by atoms with Crippen molar-refractivity contribution in [2.24, 2.45) is 0 Å². The zero-order valence-electron chi connectivity index (χ0n) is 7.31. The normalized spacial score (nSPS) is 10.1. The lowest BCUT2D eigenvalue weighted by Gasteiger charge is -2.03. The van der Waals surface area contributed by atoms with E-state index in [1.54, 1.807) is 6.07 Å². The second kappa shape index (κ2) is 4.38. The van der Waals surface area contributed by atoms with Crippen LogP contribution < -0.4 is 0 Å². The average Bonchev–Trinajstić information content (AvgIpc) is 2.11. The van der Waals surface area contributed by atoms with Crippen LogP contribution in [0.2, 0.25) is 0 Å². The third-order valence-electron chi connectivity index (χ3n) is 1.85. The number of rotatable bonds is 3. The molecule has 0 saturated heterocycles. The fourth-order valence-electron chi connectivity index (χ4n) is 1.09. The zero-order chi connectivity index (χ0) is 9.84. The number of hydrogen-bond donors (Lipinski definition) is 0. The number of carbonyl (C=O) groups excluding carboxylic acids is 1. The third-order valence-corrected chi connectivity index (χ3v) is 2.15. The SMILES string of the molecule is Cc1ccc(F)cc1CC(=O)CCl. The molecule has 1 nitrogen and oxygen atoms in total. The lowest BCUT2D eigenvalue weighted by Crippen LogP contribution is -2.05. The van der Waals surface area contributed by atoms with Crippen LogP contribution in [0.15, 0.2) is 18.2 Å². The molecule has 0 aliphatic heterocycles. The van der Waals surface area contributed by atoms with E-state index in [0.717, 1.165) is 5.56 Å². The Hall–Kier alpha value is -0.890. The highest BCUT2D eigenvalue weighted by atomic mass is 35.5. The van der Waals surface area contributed by atoms with Gasteiger partial charge in [0.05, 0.1) is 5.88 Å². The smallest absolute Gasteiger partial charge is 0.151 e. The number of Topliss-reactive ketones (excluding diaryl/α,β-unsaturated/α-hetero) is 1. The van der Waals surface area contributed by atoms with Crippen molar-refractivity contribution in [3.05, 3.63) is 35.1 Å². The molecule has 1 rings (SSSR count). The zero-order valence-corrected chi connectivity index (χ0v) is 8.07. The van der Waals surface area contributed by atoms with Gasteiger partial charge in [-0.15, -0.1) is 11.6 Å². The molecule has 0 N–H and O–H groups in total. The van der Waals surface area contributed by atoms with Gasteiger partial charge in [0.15, 0.2) is 5.78 Å². The summed E-state index contributed by atoms with van der Waals surface area (Å²) in [5, 5.41) is 0. The van der Waals surface area contributed by atoms with Crippen LogP contribution >= 0.6 is 11.6 Å². The number of aryl methyl sites for hydroxylation is 1.